The molecule has 0 aromatic heterocycles. The maximum atomic E-state index is 9.98. The highest BCUT2D eigenvalue weighted by Gasteiger charge is 2.20. The molecule has 1 aliphatic heterocycles. The van der Waals surface area contributed by atoms with Crippen molar-refractivity contribution in [3.8, 4) is 0 Å². The van der Waals surface area contributed by atoms with Gasteiger partial charge in [-0.15, -0.1) is 18.3 Å². The molecule has 1 aromatic carbocycles. The molecule has 1 aromatic rings. The summed E-state index contributed by atoms with van der Waals surface area (Å²) in [5, 5.41) is 9.98. The molecule has 1 unspecified atom stereocenters. The van der Waals surface area contributed by atoms with Crippen LogP contribution in [-0.4, -0.2) is 68.3 Å². The van der Waals surface area contributed by atoms with E-state index in [2.05, 4.69) is 46.9 Å². The smallest absolute Gasteiger partial charge is 0.0900 e. The number of rotatable bonds is 8. The minimum Gasteiger partial charge on any atom is -0.389 e. The second-order valence-corrected chi connectivity index (χ2v) is 6.29. The van der Waals surface area contributed by atoms with Gasteiger partial charge < -0.3 is 14.7 Å². The lowest BCUT2D eigenvalue weighted by Gasteiger charge is -2.37. The van der Waals surface area contributed by atoms with Crippen LogP contribution < -0.4 is 4.90 Å². The SMILES string of the molecule is C=CCOCC(O)CN1CCN(c2ccccc2SC)CC1. The van der Waals surface area contributed by atoms with Gasteiger partial charge in [0.1, 0.15) is 0 Å². The van der Waals surface area contributed by atoms with Crippen LogP contribution in [0.1, 0.15) is 0 Å². The Morgan fingerprint density at radius 1 is 1.32 bits per heavy atom. The van der Waals surface area contributed by atoms with Crippen LogP contribution >= 0.6 is 11.8 Å². The van der Waals surface area contributed by atoms with E-state index in [9.17, 15) is 5.11 Å². The zero-order chi connectivity index (χ0) is 15.8. The summed E-state index contributed by atoms with van der Waals surface area (Å²) >= 11 is 1.79. The van der Waals surface area contributed by atoms with Crippen LogP contribution in [0.5, 0.6) is 0 Å². The zero-order valence-corrected chi connectivity index (χ0v) is 14.1. The van der Waals surface area contributed by atoms with Gasteiger partial charge in [-0.05, 0) is 18.4 Å². The molecule has 2 rings (SSSR count). The normalized spacial score (nSPS) is 17.5. The number of anilines is 1. The Morgan fingerprint density at radius 3 is 2.73 bits per heavy atom. The van der Waals surface area contributed by atoms with Crippen LogP contribution in [0.25, 0.3) is 0 Å². The number of benzene rings is 1. The van der Waals surface area contributed by atoms with Gasteiger partial charge in [0.25, 0.3) is 0 Å². The first-order chi connectivity index (χ1) is 10.7. The molecule has 0 saturated carbocycles. The van der Waals surface area contributed by atoms with Crippen molar-refractivity contribution < 1.29 is 9.84 Å². The molecular weight excluding hydrogens is 296 g/mol. The molecule has 0 bridgehead atoms. The van der Waals surface area contributed by atoms with Crippen molar-refractivity contribution >= 4 is 17.4 Å². The van der Waals surface area contributed by atoms with Crippen molar-refractivity contribution in [2.24, 2.45) is 0 Å². The van der Waals surface area contributed by atoms with Gasteiger partial charge in [-0.1, -0.05) is 18.2 Å². The van der Waals surface area contributed by atoms with E-state index in [1.807, 2.05) is 0 Å². The summed E-state index contributed by atoms with van der Waals surface area (Å²) in [5.41, 5.74) is 1.32. The number of hydrogen-bond acceptors (Lipinski definition) is 5. The third-order valence-corrected chi connectivity index (χ3v) is 4.60. The number of aliphatic hydroxyl groups excluding tert-OH is 1. The second kappa shape index (κ2) is 9.20. The summed E-state index contributed by atoms with van der Waals surface area (Å²) in [7, 11) is 0. The number of hydrogen-bond donors (Lipinski definition) is 1. The van der Waals surface area contributed by atoms with Crippen molar-refractivity contribution in [2.45, 2.75) is 11.0 Å². The van der Waals surface area contributed by atoms with E-state index < -0.39 is 6.10 Å². The maximum Gasteiger partial charge on any atom is 0.0900 e. The van der Waals surface area contributed by atoms with Crippen LogP contribution in [0.15, 0.2) is 41.8 Å². The minimum atomic E-state index is -0.426. The fourth-order valence-corrected chi connectivity index (χ4v) is 3.32. The van der Waals surface area contributed by atoms with Crippen LogP contribution in [0.2, 0.25) is 0 Å². The quantitative estimate of drug-likeness (QED) is 0.450. The zero-order valence-electron chi connectivity index (χ0n) is 13.3. The predicted octanol–water partition coefficient (Wildman–Crippen LogP) is 2.09. The summed E-state index contributed by atoms with van der Waals surface area (Å²) in [4.78, 5) is 6.07. The molecule has 5 heteroatoms. The number of nitrogens with zero attached hydrogens (tertiary/aromatic N) is 2. The highest BCUT2D eigenvalue weighted by Crippen LogP contribution is 2.28. The number of para-hydroxylation sites is 1. The first-order valence-corrected chi connectivity index (χ1v) is 8.94. The van der Waals surface area contributed by atoms with Gasteiger partial charge in [-0.25, -0.2) is 0 Å². The largest absolute Gasteiger partial charge is 0.389 e. The number of piperazine rings is 1. The predicted molar refractivity (Wildman–Crippen MR) is 93.9 cm³/mol. The molecule has 22 heavy (non-hydrogen) atoms. The molecule has 1 aliphatic rings. The van der Waals surface area contributed by atoms with Crippen LogP contribution in [0.4, 0.5) is 5.69 Å². The molecule has 1 fully saturated rings. The van der Waals surface area contributed by atoms with Crippen LogP contribution in [0.3, 0.4) is 0 Å². The Labute approximate surface area is 137 Å². The molecule has 122 valence electrons. The Hall–Kier alpha value is -1.01. The molecule has 1 heterocycles. The van der Waals surface area contributed by atoms with E-state index in [0.717, 1.165) is 26.2 Å². The topological polar surface area (TPSA) is 35.9 Å². The number of thioether (sulfide) groups is 1. The molecule has 4 nitrogen and oxygen atoms in total. The highest BCUT2D eigenvalue weighted by atomic mass is 32.2. The Kier molecular flexibility index (Phi) is 7.25. The van der Waals surface area contributed by atoms with Crippen molar-refractivity contribution in [3.63, 3.8) is 0 Å². The first kappa shape index (κ1) is 17.3. The van der Waals surface area contributed by atoms with Gasteiger partial charge in [-0.2, -0.15) is 0 Å². The summed E-state index contributed by atoms with van der Waals surface area (Å²) in [5.74, 6) is 0. The second-order valence-electron chi connectivity index (χ2n) is 5.44. The number of aliphatic hydroxyl groups is 1. The van der Waals surface area contributed by atoms with Gasteiger partial charge in [0, 0.05) is 37.6 Å². The summed E-state index contributed by atoms with van der Waals surface area (Å²) < 4.78 is 5.30. The summed E-state index contributed by atoms with van der Waals surface area (Å²) in [6.07, 6.45) is 3.40. The minimum absolute atomic E-state index is 0.377. The standard InChI is InChI=1S/C17H26N2O2S/c1-3-12-21-14-15(20)13-18-8-10-19(11-9-18)16-6-4-5-7-17(16)22-2/h3-7,15,20H,1,8-14H2,2H3. The lowest BCUT2D eigenvalue weighted by Crippen LogP contribution is -2.49. The van der Waals surface area contributed by atoms with E-state index in [1.54, 1.807) is 17.8 Å². The Morgan fingerprint density at radius 2 is 2.05 bits per heavy atom. The number of β-amino-alcohol motifs (C(OH)–C–C–N with tert-alkyl or cyclic N) is 1. The highest BCUT2D eigenvalue weighted by molar-refractivity contribution is 7.98. The lowest BCUT2D eigenvalue weighted by atomic mass is 10.2. The van der Waals surface area contributed by atoms with Gasteiger partial charge in [0.05, 0.1) is 25.0 Å². The third-order valence-electron chi connectivity index (χ3n) is 3.81. The van der Waals surface area contributed by atoms with Crippen molar-refractivity contribution in [1.82, 2.24) is 4.90 Å². The Bertz CT molecular complexity index is 462. The molecule has 0 amide bonds. The fourth-order valence-electron chi connectivity index (χ4n) is 2.70. The summed E-state index contributed by atoms with van der Waals surface area (Å²) in [6.45, 7) is 9.09. The van der Waals surface area contributed by atoms with E-state index in [0.29, 0.717) is 19.8 Å². The van der Waals surface area contributed by atoms with Crippen molar-refractivity contribution in [1.29, 1.82) is 0 Å². The van der Waals surface area contributed by atoms with Crippen LogP contribution in [0, 0.1) is 0 Å². The average molecular weight is 322 g/mol. The molecule has 1 atom stereocenters. The van der Waals surface area contributed by atoms with Crippen molar-refractivity contribution in [3.05, 3.63) is 36.9 Å². The van der Waals surface area contributed by atoms with Gasteiger partial charge in [0.15, 0.2) is 0 Å². The molecule has 0 spiro atoms. The van der Waals surface area contributed by atoms with Gasteiger partial charge >= 0.3 is 0 Å². The molecule has 1 N–H and O–H groups in total. The van der Waals surface area contributed by atoms with Crippen LogP contribution in [-0.2, 0) is 4.74 Å². The lowest BCUT2D eigenvalue weighted by molar-refractivity contribution is 0.0252. The molecular formula is C17H26N2O2S. The van der Waals surface area contributed by atoms with Crippen molar-refractivity contribution in [2.75, 3.05) is 57.1 Å². The monoisotopic (exact) mass is 322 g/mol. The third kappa shape index (κ3) is 5.02. The summed E-state index contributed by atoms with van der Waals surface area (Å²) in [6, 6.07) is 8.56. The van der Waals surface area contributed by atoms with E-state index in [1.165, 1.54) is 10.6 Å². The van der Waals surface area contributed by atoms with E-state index in [-0.39, 0.29) is 0 Å². The number of ether oxygens (including phenoxy) is 1. The Balaban J connectivity index is 1.79. The average Bonchev–Trinajstić information content (AvgIpc) is 2.56. The fraction of sp³-hybridized carbons (Fsp3) is 0.529. The maximum absolute atomic E-state index is 9.98. The molecule has 0 aliphatic carbocycles. The van der Waals surface area contributed by atoms with E-state index >= 15 is 0 Å². The molecule has 0 radical (unpaired) electrons. The molecule has 1 saturated heterocycles. The van der Waals surface area contributed by atoms with E-state index in [4.69, 9.17) is 4.74 Å². The van der Waals surface area contributed by atoms with Gasteiger partial charge in [-0.3, -0.25) is 4.90 Å². The van der Waals surface area contributed by atoms with Gasteiger partial charge in [0.2, 0.25) is 0 Å². The first-order valence-electron chi connectivity index (χ1n) is 7.71.